The lowest BCUT2D eigenvalue weighted by molar-refractivity contribution is -0.209. The van der Waals surface area contributed by atoms with Crippen LogP contribution in [0.2, 0.25) is 0 Å². The van der Waals surface area contributed by atoms with Crippen molar-refractivity contribution >= 4 is 17.5 Å². The van der Waals surface area contributed by atoms with Crippen LogP contribution in [0, 0.1) is 46.3 Å². The number of hydrogen-bond donors (Lipinski definition) is 2. The van der Waals surface area contributed by atoms with E-state index < -0.39 is 12.2 Å². The molecule has 0 bridgehead atoms. The van der Waals surface area contributed by atoms with Crippen LogP contribution in [0.1, 0.15) is 112 Å². The van der Waals surface area contributed by atoms with E-state index in [-0.39, 0.29) is 58.6 Å². The Morgan fingerprint density at radius 1 is 0.919 bits per heavy atom. The number of Topliss-reactive ketones (excluding diaryl/α,β-unsaturated/α-hetero) is 2. The second-order valence-corrected chi connectivity index (χ2v) is 13.8. The summed E-state index contributed by atoms with van der Waals surface area (Å²) in [4.78, 5) is 35.1. The van der Waals surface area contributed by atoms with E-state index in [2.05, 4.69) is 20.8 Å². The molecule has 0 amide bonds. The van der Waals surface area contributed by atoms with Gasteiger partial charge in [0.25, 0.3) is 0 Å². The van der Waals surface area contributed by atoms with Crippen molar-refractivity contribution in [3.8, 4) is 0 Å². The highest BCUT2D eigenvalue weighted by Crippen LogP contribution is 2.68. The van der Waals surface area contributed by atoms with Crippen molar-refractivity contribution in [1.29, 1.82) is 0 Å². The Morgan fingerprint density at radius 3 is 2.30 bits per heavy atom. The van der Waals surface area contributed by atoms with Gasteiger partial charge in [-0.15, -0.1) is 0 Å². The second kappa shape index (κ2) is 11.1. The van der Waals surface area contributed by atoms with Gasteiger partial charge in [-0.25, -0.2) is 0 Å². The van der Waals surface area contributed by atoms with E-state index in [1.54, 1.807) is 13.8 Å². The lowest BCUT2D eigenvalue weighted by Gasteiger charge is -2.63. The maximum atomic E-state index is 12.4. The van der Waals surface area contributed by atoms with Crippen molar-refractivity contribution in [2.75, 3.05) is 0 Å². The van der Waals surface area contributed by atoms with Crippen molar-refractivity contribution in [2.24, 2.45) is 46.3 Å². The maximum Gasteiger partial charge on any atom is 0.306 e. The zero-order chi connectivity index (χ0) is 27.1. The number of fused-ring (bicyclic) bond motifs is 5. The predicted octanol–water partition coefficient (Wildman–Crippen LogP) is 5.26. The highest BCUT2D eigenvalue weighted by atomic mass is 16.5. The fraction of sp³-hybridized carbons (Fsp3) is 0.903. The highest BCUT2D eigenvalue weighted by Gasteiger charge is 2.65. The van der Waals surface area contributed by atoms with Crippen LogP contribution < -0.4 is 0 Å². The molecule has 4 fully saturated rings. The van der Waals surface area contributed by atoms with E-state index in [0.29, 0.717) is 37.0 Å². The largest absolute Gasteiger partial charge is 0.462 e. The van der Waals surface area contributed by atoms with E-state index in [1.807, 2.05) is 0 Å². The molecule has 2 N–H and O–H groups in total. The molecule has 0 aromatic heterocycles. The van der Waals surface area contributed by atoms with Crippen LogP contribution in [0.3, 0.4) is 0 Å². The standard InChI is InChI=1S/C31H50O6/c1-18(9-10-20(3)33)23-11-12-24-29-25(17-27(35)31(23,24)5)30(4)14-13-22(15-21(30)16-26(29)34)37-28(36)8-6-7-19(2)32/h18,21-27,29,34-35H,6-17H2,1-5H3/t18?,21?,22?,23-,24?,25?,26?,27?,29?,30+,31-/m1/s1. The van der Waals surface area contributed by atoms with E-state index in [0.717, 1.165) is 51.4 Å². The monoisotopic (exact) mass is 518 g/mol. The lowest BCUT2D eigenvalue weighted by atomic mass is 9.43. The molecule has 4 saturated carbocycles. The van der Waals surface area contributed by atoms with Gasteiger partial charge >= 0.3 is 5.97 Å². The molecule has 11 atom stereocenters. The van der Waals surface area contributed by atoms with Crippen LogP contribution in [0.4, 0.5) is 0 Å². The molecule has 4 aliphatic carbocycles. The molecule has 4 rings (SSSR count). The summed E-state index contributed by atoms with van der Waals surface area (Å²) in [5.41, 5.74) is -0.184. The van der Waals surface area contributed by atoms with Crippen LogP contribution in [-0.2, 0) is 19.1 Å². The Bertz CT molecular complexity index is 870. The summed E-state index contributed by atoms with van der Waals surface area (Å²) in [5.74, 6) is 1.92. The van der Waals surface area contributed by atoms with Crippen LogP contribution >= 0.6 is 0 Å². The molecule has 0 saturated heterocycles. The number of ether oxygens (including phenoxy) is 1. The molecule has 0 aromatic rings. The van der Waals surface area contributed by atoms with Gasteiger partial charge in [-0.05, 0) is 118 Å². The average molecular weight is 519 g/mol. The van der Waals surface area contributed by atoms with Gasteiger partial charge in [0.15, 0.2) is 0 Å². The Kier molecular flexibility index (Phi) is 8.60. The van der Waals surface area contributed by atoms with Gasteiger partial charge < -0.3 is 24.5 Å². The molecule has 6 nitrogen and oxygen atoms in total. The molecular weight excluding hydrogens is 468 g/mol. The van der Waals surface area contributed by atoms with Crippen LogP contribution in [0.25, 0.3) is 0 Å². The predicted molar refractivity (Wildman–Crippen MR) is 141 cm³/mol. The third-order valence-corrected chi connectivity index (χ3v) is 11.7. The first-order valence-corrected chi connectivity index (χ1v) is 14.9. The van der Waals surface area contributed by atoms with Crippen LogP contribution in [0.5, 0.6) is 0 Å². The smallest absolute Gasteiger partial charge is 0.306 e. The molecule has 0 aromatic carbocycles. The van der Waals surface area contributed by atoms with Gasteiger partial charge in [0, 0.05) is 19.3 Å². The minimum absolute atomic E-state index is 0.0298. The van der Waals surface area contributed by atoms with Crippen molar-refractivity contribution in [3.63, 3.8) is 0 Å². The third kappa shape index (κ3) is 5.44. The number of esters is 1. The Hall–Kier alpha value is -1.27. The third-order valence-electron chi connectivity index (χ3n) is 11.7. The Balaban J connectivity index is 1.45. The molecule has 4 aliphatic rings. The highest BCUT2D eigenvalue weighted by molar-refractivity contribution is 5.76. The quantitative estimate of drug-likeness (QED) is 0.404. The molecular formula is C31H50O6. The summed E-state index contributed by atoms with van der Waals surface area (Å²) in [5, 5.41) is 23.3. The van der Waals surface area contributed by atoms with E-state index in [4.69, 9.17) is 4.74 Å². The van der Waals surface area contributed by atoms with Crippen molar-refractivity contribution in [2.45, 2.75) is 130 Å². The van der Waals surface area contributed by atoms with Gasteiger partial charge in [-0.1, -0.05) is 20.8 Å². The van der Waals surface area contributed by atoms with Crippen molar-refractivity contribution < 1.29 is 29.3 Å². The molecule has 0 spiro atoms. The summed E-state index contributed by atoms with van der Waals surface area (Å²) in [7, 11) is 0. The molecule has 0 radical (unpaired) electrons. The second-order valence-electron chi connectivity index (χ2n) is 13.8. The van der Waals surface area contributed by atoms with Gasteiger partial charge in [0.1, 0.15) is 17.7 Å². The number of carbonyl (C=O) groups excluding carboxylic acids is 3. The fourth-order valence-electron chi connectivity index (χ4n) is 9.58. The molecule has 6 heteroatoms. The number of ketones is 2. The van der Waals surface area contributed by atoms with Crippen molar-refractivity contribution in [3.05, 3.63) is 0 Å². The van der Waals surface area contributed by atoms with E-state index >= 15 is 0 Å². The number of hydrogen-bond acceptors (Lipinski definition) is 6. The molecule has 210 valence electrons. The zero-order valence-corrected chi connectivity index (χ0v) is 23.7. The maximum absolute atomic E-state index is 12.4. The Morgan fingerprint density at radius 2 is 1.62 bits per heavy atom. The first kappa shape index (κ1) is 28.7. The van der Waals surface area contributed by atoms with Crippen LogP contribution in [-0.4, -0.2) is 46.1 Å². The Labute approximate surface area is 223 Å². The summed E-state index contributed by atoms with van der Waals surface area (Å²) in [6.45, 7) is 10.1. The SMILES string of the molecule is CC(=O)CCCC(=O)OC1CC[C@@]2(C)C(C1)CC(O)C1C2CC(O)[C@@]2(C)C1CC[C@@H]2C(C)CCC(C)=O. The summed E-state index contributed by atoms with van der Waals surface area (Å²) in [6.07, 6.45) is 7.93. The number of rotatable bonds is 9. The first-order valence-electron chi connectivity index (χ1n) is 14.9. The molecule has 37 heavy (non-hydrogen) atoms. The van der Waals surface area contributed by atoms with E-state index in [9.17, 15) is 24.6 Å². The van der Waals surface area contributed by atoms with E-state index in [1.165, 1.54) is 0 Å². The average Bonchev–Trinajstić information content (AvgIpc) is 3.17. The number of carbonyl (C=O) groups is 3. The number of aliphatic hydroxyl groups is 2. The van der Waals surface area contributed by atoms with Gasteiger partial charge in [-0.2, -0.15) is 0 Å². The first-order chi connectivity index (χ1) is 17.4. The van der Waals surface area contributed by atoms with Gasteiger partial charge in [0.05, 0.1) is 12.2 Å². The molecule has 0 heterocycles. The topological polar surface area (TPSA) is 101 Å². The summed E-state index contributed by atoms with van der Waals surface area (Å²) in [6, 6.07) is 0. The minimum Gasteiger partial charge on any atom is -0.462 e. The fourth-order valence-corrected chi connectivity index (χ4v) is 9.58. The van der Waals surface area contributed by atoms with Crippen molar-refractivity contribution in [1.82, 2.24) is 0 Å². The zero-order valence-electron chi connectivity index (χ0n) is 23.7. The van der Waals surface area contributed by atoms with Crippen LogP contribution in [0.15, 0.2) is 0 Å². The molecule has 0 aliphatic heterocycles. The summed E-state index contributed by atoms with van der Waals surface area (Å²) >= 11 is 0. The van der Waals surface area contributed by atoms with Gasteiger partial charge in [-0.3, -0.25) is 4.79 Å². The lowest BCUT2D eigenvalue weighted by Crippen LogP contribution is -2.62. The van der Waals surface area contributed by atoms with Gasteiger partial charge in [0.2, 0.25) is 0 Å². The number of aliphatic hydroxyl groups excluding tert-OH is 2. The molecule has 8 unspecified atom stereocenters. The summed E-state index contributed by atoms with van der Waals surface area (Å²) < 4.78 is 5.82. The minimum atomic E-state index is -0.398. The normalized spacial score (nSPS) is 43.8.